The minimum Gasteiger partial charge on any atom is -0.370 e. The summed E-state index contributed by atoms with van der Waals surface area (Å²) in [6.07, 6.45) is 6.29. The van der Waals surface area contributed by atoms with Crippen molar-refractivity contribution in [3.8, 4) is 0 Å². The number of pyridine rings is 1. The number of fused-ring (bicyclic) bond motifs is 1. The minimum atomic E-state index is 0.224. The number of nitrogens with one attached hydrogen (secondary N) is 1. The third-order valence-electron chi connectivity index (χ3n) is 6.16. The van der Waals surface area contributed by atoms with Crippen LogP contribution in [0.5, 0.6) is 0 Å². The molecule has 0 saturated carbocycles. The maximum absolute atomic E-state index is 13.0. The lowest BCUT2D eigenvalue weighted by Gasteiger charge is -2.34. The number of carbonyl (C=O) groups is 1. The number of hydrogen-bond acceptors (Lipinski definition) is 4. The summed E-state index contributed by atoms with van der Waals surface area (Å²) in [4.78, 5) is 21.6. The van der Waals surface area contributed by atoms with Gasteiger partial charge in [0.25, 0.3) is 0 Å². The van der Waals surface area contributed by atoms with E-state index in [2.05, 4.69) is 39.5 Å². The molecule has 4 rings (SSSR count). The molecule has 2 unspecified atom stereocenters. The Kier molecular flexibility index (Phi) is 5.91. The summed E-state index contributed by atoms with van der Waals surface area (Å²) in [5.74, 6) is 1.73. The van der Waals surface area contributed by atoms with Crippen LogP contribution in [0.1, 0.15) is 36.4 Å². The van der Waals surface area contributed by atoms with Crippen molar-refractivity contribution in [3.05, 3.63) is 59.8 Å². The van der Waals surface area contributed by atoms with Gasteiger partial charge in [-0.3, -0.25) is 9.69 Å². The fraction of sp³-hybridized carbons (Fsp3) is 0.478. The largest absolute Gasteiger partial charge is 0.370 e. The highest BCUT2D eigenvalue weighted by atomic mass is 16.2. The van der Waals surface area contributed by atoms with Crippen molar-refractivity contribution in [2.45, 2.75) is 31.7 Å². The predicted molar refractivity (Wildman–Crippen MR) is 112 cm³/mol. The third-order valence-corrected chi connectivity index (χ3v) is 6.16. The van der Waals surface area contributed by atoms with Crippen molar-refractivity contribution < 1.29 is 4.79 Å². The highest BCUT2D eigenvalue weighted by Crippen LogP contribution is 2.33. The first-order valence-electron chi connectivity index (χ1n) is 10.4. The molecular weight excluding hydrogens is 348 g/mol. The fourth-order valence-corrected chi connectivity index (χ4v) is 4.55. The van der Waals surface area contributed by atoms with Crippen LogP contribution in [0, 0.1) is 5.92 Å². The molecule has 5 heteroatoms. The molecule has 2 atom stereocenters. The number of rotatable bonds is 6. The molecule has 1 aromatic heterocycles. The Balaban J connectivity index is 1.28. The van der Waals surface area contributed by atoms with Gasteiger partial charge in [0.1, 0.15) is 5.82 Å². The molecule has 1 N–H and O–H groups in total. The lowest BCUT2D eigenvalue weighted by Crippen LogP contribution is -2.40. The number of nitrogens with zero attached hydrogens (tertiary/aromatic N) is 3. The highest BCUT2D eigenvalue weighted by Gasteiger charge is 2.29. The van der Waals surface area contributed by atoms with Crippen molar-refractivity contribution >= 4 is 11.7 Å². The van der Waals surface area contributed by atoms with E-state index in [0.717, 1.165) is 51.1 Å². The average Bonchev–Trinajstić information content (AvgIpc) is 3.19. The Bertz CT molecular complexity index is 794. The highest BCUT2D eigenvalue weighted by molar-refractivity contribution is 5.78. The van der Waals surface area contributed by atoms with Crippen molar-refractivity contribution in [2.24, 2.45) is 5.92 Å². The molecule has 1 amide bonds. The summed E-state index contributed by atoms with van der Waals surface area (Å²) in [6.45, 7) is 3.40. The van der Waals surface area contributed by atoms with Gasteiger partial charge in [-0.25, -0.2) is 4.98 Å². The number of hydrogen-bond donors (Lipinski definition) is 1. The van der Waals surface area contributed by atoms with Gasteiger partial charge in [0.2, 0.25) is 5.91 Å². The number of likely N-dealkylation sites (N-methyl/N-ethyl adjacent to an activating group) is 1. The number of aromatic nitrogens is 1. The monoisotopic (exact) mass is 378 g/mol. The van der Waals surface area contributed by atoms with Gasteiger partial charge in [-0.2, -0.15) is 0 Å². The van der Waals surface area contributed by atoms with E-state index in [1.54, 1.807) is 6.20 Å². The lowest BCUT2D eigenvalue weighted by molar-refractivity contribution is -0.133. The number of likely N-dealkylation sites (tertiary alicyclic amines) is 1. The SMILES string of the molecule is CN(C(=O)CN1CCC(CNc2ccccn2)C1)C1CCCc2ccccc21. The quantitative estimate of drug-likeness (QED) is 0.837. The number of anilines is 1. The Labute approximate surface area is 167 Å². The smallest absolute Gasteiger partial charge is 0.237 e. The van der Waals surface area contributed by atoms with Gasteiger partial charge in [0.05, 0.1) is 12.6 Å². The van der Waals surface area contributed by atoms with Crippen LogP contribution in [0.25, 0.3) is 0 Å². The van der Waals surface area contributed by atoms with Gasteiger partial charge in [0.15, 0.2) is 0 Å². The van der Waals surface area contributed by atoms with E-state index in [1.165, 1.54) is 11.1 Å². The molecule has 2 aliphatic rings. The van der Waals surface area contributed by atoms with E-state index in [9.17, 15) is 4.79 Å². The molecule has 0 spiro atoms. The summed E-state index contributed by atoms with van der Waals surface area (Å²) < 4.78 is 0. The number of amides is 1. The predicted octanol–water partition coefficient (Wildman–Crippen LogP) is 3.35. The maximum atomic E-state index is 13.0. The lowest BCUT2D eigenvalue weighted by atomic mass is 9.87. The van der Waals surface area contributed by atoms with Gasteiger partial charge in [-0.1, -0.05) is 30.3 Å². The van der Waals surface area contributed by atoms with Gasteiger partial charge in [-0.15, -0.1) is 0 Å². The molecule has 1 aliphatic carbocycles. The van der Waals surface area contributed by atoms with E-state index >= 15 is 0 Å². The van der Waals surface area contributed by atoms with E-state index in [1.807, 2.05) is 30.1 Å². The molecule has 1 fully saturated rings. The molecule has 2 heterocycles. The van der Waals surface area contributed by atoms with Crippen LogP contribution in [-0.2, 0) is 11.2 Å². The van der Waals surface area contributed by atoms with Crippen LogP contribution in [0.3, 0.4) is 0 Å². The van der Waals surface area contributed by atoms with Crippen molar-refractivity contribution in [2.75, 3.05) is 38.5 Å². The zero-order valence-corrected chi connectivity index (χ0v) is 16.7. The Morgan fingerprint density at radius 2 is 2.07 bits per heavy atom. The zero-order valence-electron chi connectivity index (χ0n) is 16.7. The molecular formula is C23H30N4O. The second-order valence-corrected chi connectivity index (χ2v) is 8.10. The second-order valence-electron chi connectivity index (χ2n) is 8.10. The van der Waals surface area contributed by atoms with Gasteiger partial charge in [-0.05, 0) is 61.4 Å². The molecule has 0 radical (unpaired) electrons. The van der Waals surface area contributed by atoms with Crippen LogP contribution in [-0.4, -0.2) is 53.9 Å². The molecule has 148 valence electrons. The van der Waals surface area contributed by atoms with E-state index in [0.29, 0.717) is 12.5 Å². The van der Waals surface area contributed by atoms with Crippen molar-refractivity contribution in [1.82, 2.24) is 14.8 Å². The van der Waals surface area contributed by atoms with Gasteiger partial charge >= 0.3 is 0 Å². The summed E-state index contributed by atoms with van der Waals surface area (Å²) in [5.41, 5.74) is 2.74. The topological polar surface area (TPSA) is 48.5 Å². The molecule has 28 heavy (non-hydrogen) atoms. The Morgan fingerprint density at radius 1 is 1.21 bits per heavy atom. The summed E-state index contributed by atoms with van der Waals surface area (Å²) in [5, 5.41) is 3.41. The standard InChI is InChI=1S/C23H30N4O/c1-26(21-10-6-8-19-7-2-3-9-20(19)21)23(28)17-27-14-12-18(16-27)15-25-22-11-4-5-13-24-22/h2-5,7,9,11,13,18,21H,6,8,10,12,14-17H2,1H3,(H,24,25). The first-order chi connectivity index (χ1) is 13.7. The summed E-state index contributed by atoms with van der Waals surface area (Å²) in [6, 6.07) is 14.7. The third kappa shape index (κ3) is 4.36. The van der Waals surface area contributed by atoms with Crippen LogP contribution < -0.4 is 5.32 Å². The average molecular weight is 379 g/mol. The fourth-order valence-electron chi connectivity index (χ4n) is 4.55. The molecule has 2 aromatic rings. The van der Waals surface area contributed by atoms with Gasteiger partial charge in [0, 0.05) is 26.3 Å². The second kappa shape index (κ2) is 8.74. The van der Waals surface area contributed by atoms with Crippen molar-refractivity contribution in [3.63, 3.8) is 0 Å². The van der Waals surface area contributed by atoms with E-state index in [-0.39, 0.29) is 11.9 Å². The van der Waals surface area contributed by atoms with Crippen LogP contribution >= 0.6 is 0 Å². The molecule has 1 saturated heterocycles. The van der Waals surface area contributed by atoms with Crippen LogP contribution in [0.15, 0.2) is 48.7 Å². The first kappa shape index (κ1) is 18.9. The minimum absolute atomic E-state index is 0.224. The van der Waals surface area contributed by atoms with Crippen LogP contribution in [0.2, 0.25) is 0 Å². The Hall–Kier alpha value is -2.40. The zero-order chi connectivity index (χ0) is 19.3. The first-order valence-corrected chi connectivity index (χ1v) is 10.4. The normalized spacial score (nSPS) is 21.9. The number of benzene rings is 1. The maximum Gasteiger partial charge on any atom is 0.237 e. The number of carbonyl (C=O) groups excluding carboxylic acids is 1. The molecule has 1 aliphatic heterocycles. The van der Waals surface area contributed by atoms with Gasteiger partial charge < -0.3 is 10.2 Å². The summed E-state index contributed by atoms with van der Waals surface area (Å²) in [7, 11) is 1.98. The van der Waals surface area contributed by atoms with Crippen LogP contribution in [0.4, 0.5) is 5.82 Å². The molecule has 0 bridgehead atoms. The molecule has 1 aromatic carbocycles. The Morgan fingerprint density at radius 3 is 2.93 bits per heavy atom. The van der Waals surface area contributed by atoms with Crippen molar-refractivity contribution in [1.29, 1.82) is 0 Å². The van der Waals surface area contributed by atoms with E-state index in [4.69, 9.17) is 0 Å². The summed E-state index contributed by atoms with van der Waals surface area (Å²) >= 11 is 0. The molecule has 5 nitrogen and oxygen atoms in total. The number of aryl methyl sites for hydroxylation is 1. The van der Waals surface area contributed by atoms with E-state index < -0.39 is 0 Å².